The van der Waals surface area contributed by atoms with E-state index in [9.17, 15) is 0 Å². The molecule has 0 amide bonds. The van der Waals surface area contributed by atoms with Crippen molar-refractivity contribution in [3.05, 3.63) is 35.9 Å². The van der Waals surface area contributed by atoms with E-state index in [1.807, 2.05) is 13.1 Å². The van der Waals surface area contributed by atoms with Crippen molar-refractivity contribution in [2.24, 2.45) is 4.99 Å². The summed E-state index contributed by atoms with van der Waals surface area (Å²) in [5.41, 5.74) is 1.35. The lowest BCUT2D eigenvalue weighted by Crippen LogP contribution is -1.82. The molecule has 0 saturated heterocycles. The molecule has 0 bridgehead atoms. The van der Waals surface area contributed by atoms with Crippen molar-refractivity contribution in [1.82, 2.24) is 0 Å². The van der Waals surface area contributed by atoms with Gasteiger partial charge in [0.15, 0.2) is 0 Å². The van der Waals surface area contributed by atoms with Crippen molar-refractivity contribution in [3.8, 4) is 0 Å². The molecule has 0 unspecified atom stereocenters. The molecule has 0 aliphatic carbocycles. The number of thioether (sulfide) groups is 1. The molecule has 0 aliphatic rings. The molecule has 1 aromatic rings. The summed E-state index contributed by atoms with van der Waals surface area (Å²) < 4.78 is 1.11. The largest absolute Gasteiger partial charge is 0.276 e. The van der Waals surface area contributed by atoms with Crippen molar-refractivity contribution >= 4 is 37.4 Å². The molecule has 0 N–H and O–H groups in total. The number of hydrogen-bond acceptors (Lipinski definition) is 2. The van der Waals surface area contributed by atoms with Gasteiger partial charge in [0.25, 0.3) is 0 Å². The molecule has 1 rings (SSSR count). The van der Waals surface area contributed by atoms with E-state index in [1.54, 1.807) is 11.8 Å². The second-order valence-electron chi connectivity index (χ2n) is 2.25. The summed E-state index contributed by atoms with van der Waals surface area (Å²) in [5.74, 6) is 1.01. The second-order valence-corrected chi connectivity index (χ2v) is 4.97. The highest BCUT2D eigenvalue weighted by atomic mass is 127. The molecule has 0 spiro atoms. The fraction of sp³-hybridized carbons (Fsp3) is 0.222. The molecule has 1 aromatic carbocycles. The summed E-state index contributed by atoms with van der Waals surface area (Å²) in [6.45, 7) is 0. The monoisotopic (exact) mass is 291 g/mol. The Bertz CT molecular complexity index is 258. The van der Waals surface area contributed by atoms with E-state index in [4.69, 9.17) is 0 Å². The van der Waals surface area contributed by atoms with E-state index >= 15 is 0 Å². The molecule has 0 atom stereocenters. The average Bonchev–Trinajstić information content (AvgIpc) is 2.16. The summed E-state index contributed by atoms with van der Waals surface area (Å²) in [6.07, 6.45) is 0. The molecule has 64 valence electrons. The Balaban J connectivity index is 2.44. The predicted octanol–water partition coefficient (Wildman–Crippen LogP) is 3.34. The maximum absolute atomic E-state index is 4.07. The average molecular weight is 291 g/mol. The second kappa shape index (κ2) is 5.59. The van der Waals surface area contributed by atoms with Gasteiger partial charge in [0.05, 0.1) is 0 Å². The lowest BCUT2D eigenvalue weighted by Gasteiger charge is -1.98. The van der Waals surface area contributed by atoms with Crippen molar-refractivity contribution in [2.45, 2.75) is 5.75 Å². The maximum Gasteiger partial charge on any atom is 0.128 e. The minimum absolute atomic E-state index is 1.01. The zero-order chi connectivity index (χ0) is 8.81. The van der Waals surface area contributed by atoms with Crippen LogP contribution < -0.4 is 0 Å². The van der Waals surface area contributed by atoms with Crippen molar-refractivity contribution in [2.75, 3.05) is 7.05 Å². The molecule has 0 saturated carbocycles. The summed E-state index contributed by atoms with van der Waals surface area (Å²) >= 11 is 4.01. The van der Waals surface area contributed by atoms with Crippen molar-refractivity contribution in [1.29, 1.82) is 0 Å². The Hall–Kier alpha value is -0.0300. The SMILES string of the molecule is CN=C(I)SCc1ccccc1. The van der Waals surface area contributed by atoms with Crippen LogP contribution in [0.1, 0.15) is 5.56 Å². The first-order valence-corrected chi connectivity index (χ1v) is 5.68. The van der Waals surface area contributed by atoms with E-state index < -0.39 is 0 Å². The standard InChI is InChI=1S/C9H10INS/c1-11-9(10)12-7-8-5-3-2-4-6-8/h2-6H,7H2,1H3. The van der Waals surface area contributed by atoms with Crippen LogP contribution in [0.4, 0.5) is 0 Å². The fourth-order valence-corrected chi connectivity index (χ4v) is 1.86. The molecule has 1 nitrogen and oxygen atoms in total. The van der Waals surface area contributed by atoms with Crippen LogP contribution in [0.15, 0.2) is 35.3 Å². The summed E-state index contributed by atoms with van der Waals surface area (Å²) in [7, 11) is 1.82. The third-order valence-electron chi connectivity index (χ3n) is 1.38. The first kappa shape index (κ1) is 10.1. The van der Waals surface area contributed by atoms with Crippen LogP contribution in [0.3, 0.4) is 0 Å². The topological polar surface area (TPSA) is 12.4 Å². The molecular formula is C9H10INS. The number of nitrogens with zero attached hydrogens (tertiary/aromatic N) is 1. The van der Waals surface area contributed by atoms with Gasteiger partial charge in [-0.15, -0.1) is 0 Å². The highest BCUT2D eigenvalue weighted by Crippen LogP contribution is 2.16. The first-order valence-electron chi connectivity index (χ1n) is 3.62. The molecule has 12 heavy (non-hydrogen) atoms. The number of halogens is 1. The Kier molecular flexibility index (Phi) is 4.68. The Labute approximate surface area is 90.8 Å². The lowest BCUT2D eigenvalue weighted by molar-refractivity contribution is 1.42. The van der Waals surface area contributed by atoms with Crippen LogP contribution in [-0.2, 0) is 5.75 Å². The van der Waals surface area contributed by atoms with Crippen molar-refractivity contribution in [3.63, 3.8) is 0 Å². The van der Waals surface area contributed by atoms with Crippen molar-refractivity contribution < 1.29 is 0 Å². The van der Waals surface area contributed by atoms with Crippen LogP contribution in [0.5, 0.6) is 0 Å². The van der Waals surface area contributed by atoms with Gasteiger partial charge in [-0.2, -0.15) is 0 Å². The van der Waals surface area contributed by atoms with Gasteiger partial charge in [0.1, 0.15) is 3.05 Å². The molecule has 0 radical (unpaired) electrons. The molecule has 0 fully saturated rings. The molecular weight excluding hydrogens is 281 g/mol. The van der Waals surface area contributed by atoms with Gasteiger partial charge in [0.2, 0.25) is 0 Å². The highest BCUT2D eigenvalue weighted by molar-refractivity contribution is 14.1. The van der Waals surface area contributed by atoms with Gasteiger partial charge >= 0.3 is 0 Å². The molecule has 0 heterocycles. The predicted molar refractivity (Wildman–Crippen MR) is 65.1 cm³/mol. The van der Waals surface area contributed by atoms with E-state index in [2.05, 4.69) is 51.8 Å². The third-order valence-corrected chi connectivity index (χ3v) is 3.69. The lowest BCUT2D eigenvalue weighted by atomic mass is 10.2. The van der Waals surface area contributed by atoms with Crippen LogP contribution in [0, 0.1) is 0 Å². The number of rotatable bonds is 2. The normalized spacial score (nSPS) is 11.7. The van der Waals surface area contributed by atoms with Gasteiger partial charge in [-0.25, -0.2) is 0 Å². The molecule has 3 heteroatoms. The molecule has 0 aliphatic heterocycles. The zero-order valence-corrected chi connectivity index (χ0v) is 9.80. The Morgan fingerprint density at radius 1 is 1.42 bits per heavy atom. The van der Waals surface area contributed by atoms with E-state index in [1.165, 1.54) is 5.56 Å². The summed E-state index contributed by atoms with van der Waals surface area (Å²) in [6, 6.07) is 10.4. The smallest absolute Gasteiger partial charge is 0.128 e. The maximum atomic E-state index is 4.07. The summed E-state index contributed by atoms with van der Waals surface area (Å²) in [4.78, 5) is 4.07. The van der Waals surface area contributed by atoms with Gasteiger partial charge in [-0.1, -0.05) is 42.1 Å². The number of hydrogen-bond donors (Lipinski definition) is 0. The number of benzene rings is 1. The van der Waals surface area contributed by atoms with E-state index in [0.717, 1.165) is 8.80 Å². The minimum atomic E-state index is 1.01. The van der Waals surface area contributed by atoms with Gasteiger partial charge < -0.3 is 0 Å². The quantitative estimate of drug-likeness (QED) is 0.462. The van der Waals surface area contributed by atoms with Gasteiger partial charge in [-0.3, -0.25) is 4.99 Å². The van der Waals surface area contributed by atoms with Crippen LogP contribution in [0.25, 0.3) is 0 Å². The Morgan fingerprint density at radius 3 is 2.67 bits per heavy atom. The number of aliphatic imine (C=N–C) groups is 1. The molecule has 0 aromatic heterocycles. The summed E-state index contributed by atoms with van der Waals surface area (Å²) in [5, 5.41) is 0. The first-order chi connectivity index (χ1) is 5.83. The zero-order valence-electron chi connectivity index (χ0n) is 6.83. The van der Waals surface area contributed by atoms with Crippen LogP contribution in [-0.4, -0.2) is 10.1 Å². The minimum Gasteiger partial charge on any atom is -0.276 e. The Morgan fingerprint density at radius 2 is 2.08 bits per heavy atom. The van der Waals surface area contributed by atoms with E-state index in [0.29, 0.717) is 0 Å². The van der Waals surface area contributed by atoms with Gasteiger partial charge in [-0.05, 0) is 28.2 Å². The van der Waals surface area contributed by atoms with Gasteiger partial charge in [0, 0.05) is 12.8 Å². The fourth-order valence-electron chi connectivity index (χ4n) is 0.782. The highest BCUT2D eigenvalue weighted by Gasteiger charge is 1.94. The van der Waals surface area contributed by atoms with E-state index in [-0.39, 0.29) is 0 Å². The third kappa shape index (κ3) is 3.58. The van der Waals surface area contributed by atoms with Crippen LogP contribution in [0.2, 0.25) is 0 Å². The van der Waals surface area contributed by atoms with Crippen LogP contribution >= 0.6 is 34.4 Å².